The fourth-order valence-electron chi connectivity index (χ4n) is 3.52. The molecule has 1 saturated heterocycles. The van der Waals surface area contributed by atoms with E-state index < -0.39 is 0 Å². The molecule has 1 amide bonds. The van der Waals surface area contributed by atoms with Crippen molar-refractivity contribution < 1.29 is 4.79 Å². The molecule has 0 aromatic heterocycles. The monoisotopic (exact) mass is 351 g/mol. The molecular formula is C22H29N3O. The summed E-state index contributed by atoms with van der Waals surface area (Å²) in [6, 6.07) is 16.4. The van der Waals surface area contributed by atoms with E-state index in [0.29, 0.717) is 6.42 Å². The Morgan fingerprint density at radius 1 is 1.04 bits per heavy atom. The standard InChI is InChI=1S/C22H29N3O/c1-3-24-13-15-25(16-14-24)21-11-10-20(17-18(21)2)23-22(26)12-9-19-7-5-4-6-8-19/h4-8,10-11,17H,3,9,12-16H2,1-2H3,(H,23,26). The Morgan fingerprint density at radius 2 is 1.77 bits per heavy atom. The number of aryl methyl sites for hydroxylation is 2. The minimum Gasteiger partial charge on any atom is -0.369 e. The zero-order chi connectivity index (χ0) is 18.4. The zero-order valence-electron chi connectivity index (χ0n) is 15.9. The van der Waals surface area contributed by atoms with Gasteiger partial charge in [-0.2, -0.15) is 0 Å². The minimum atomic E-state index is 0.0672. The predicted molar refractivity (Wildman–Crippen MR) is 109 cm³/mol. The first-order chi connectivity index (χ1) is 12.7. The summed E-state index contributed by atoms with van der Waals surface area (Å²) in [4.78, 5) is 17.2. The Balaban J connectivity index is 1.54. The third kappa shape index (κ3) is 4.85. The molecule has 0 unspecified atom stereocenters. The zero-order valence-corrected chi connectivity index (χ0v) is 15.9. The fourth-order valence-corrected chi connectivity index (χ4v) is 3.52. The number of hydrogen-bond donors (Lipinski definition) is 1. The molecule has 138 valence electrons. The van der Waals surface area contributed by atoms with Gasteiger partial charge in [-0.15, -0.1) is 0 Å². The van der Waals surface area contributed by atoms with Gasteiger partial charge in [0.05, 0.1) is 0 Å². The first kappa shape index (κ1) is 18.5. The molecule has 1 aliphatic heterocycles. The van der Waals surface area contributed by atoms with Crippen LogP contribution in [0.1, 0.15) is 24.5 Å². The lowest BCUT2D eigenvalue weighted by Crippen LogP contribution is -2.46. The van der Waals surface area contributed by atoms with Crippen LogP contribution in [0.15, 0.2) is 48.5 Å². The Kier molecular flexibility index (Phi) is 6.29. The van der Waals surface area contributed by atoms with Gasteiger partial charge in [0.1, 0.15) is 0 Å². The van der Waals surface area contributed by atoms with Crippen LogP contribution >= 0.6 is 0 Å². The van der Waals surface area contributed by atoms with Crippen LogP contribution in [0.4, 0.5) is 11.4 Å². The molecule has 0 saturated carbocycles. The molecule has 0 radical (unpaired) electrons. The van der Waals surface area contributed by atoms with Crippen molar-refractivity contribution >= 4 is 17.3 Å². The number of amides is 1. The molecule has 1 fully saturated rings. The van der Waals surface area contributed by atoms with Crippen LogP contribution in [-0.2, 0) is 11.2 Å². The predicted octanol–water partition coefficient (Wildman–Crippen LogP) is 3.71. The van der Waals surface area contributed by atoms with Gasteiger partial charge in [0, 0.05) is 44.0 Å². The number of piperazine rings is 1. The van der Waals surface area contributed by atoms with Crippen molar-refractivity contribution in [3.8, 4) is 0 Å². The number of carbonyl (C=O) groups is 1. The van der Waals surface area contributed by atoms with Crippen LogP contribution in [0.2, 0.25) is 0 Å². The van der Waals surface area contributed by atoms with Crippen molar-refractivity contribution in [2.24, 2.45) is 0 Å². The lowest BCUT2D eigenvalue weighted by atomic mass is 10.1. The highest BCUT2D eigenvalue weighted by molar-refractivity contribution is 5.91. The van der Waals surface area contributed by atoms with Crippen molar-refractivity contribution in [1.82, 2.24) is 4.90 Å². The average molecular weight is 351 g/mol. The lowest BCUT2D eigenvalue weighted by Gasteiger charge is -2.36. The first-order valence-electron chi connectivity index (χ1n) is 9.57. The molecule has 26 heavy (non-hydrogen) atoms. The summed E-state index contributed by atoms with van der Waals surface area (Å²) in [6.45, 7) is 9.84. The molecule has 4 nitrogen and oxygen atoms in total. The van der Waals surface area contributed by atoms with Crippen LogP contribution in [0, 0.1) is 6.92 Å². The molecule has 1 aliphatic rings. The second-order valence-electron chi connectivity index (χ2n) is 6.96. The van der Waals surface area contributed by atoms with Gasteiger partial charge in [-0.1, -0.05) is 37.3 Å². The normalized spacial score (nSPS) is 15.1. The van der Waals surface area contributed by atoms with Gasteiger partial charge in [0.2, 0.25) is 5.91 Å². The Bertz CT molecular complexity index is 721. The summed E-state index contributed by atoms with van der Waals surface area (Å²) in [5.41, 5.74) is 4.58. The first-order valence-corrected chi connectivity index (χ1v) is 9.57. The van der Waals surface area contributed by atoms with E-state index in [1.54, 1.807) is 0 Å². The van der Waals surface area contributed by atoms with E-state index in [2.05, 4.69) is 53.2 Å². The number of rotatable bonds is 6. The van der Waals surface area contributed by atoms with Gasteiger partial charge in [-0.05, 0) is 49.2 Å². The number of nitrogens with zero attached hydrogens (tertiary/aromatic N) is 2. The van der Waals surface area contributed by atoms with Crippen LogP contribution in [0.25, 0.3) is 0 Å². The van der Waals surface area contributed by atoms with Gasteiger partial charge >= 0.3 is 0 Å². The van der Waals surface area contributed by atoms with Crippen molar-refractivity contribution in [2.75, 3.05) is 42.9 Å². The summed E-state index contributed by atoms with van der Waals surface area (Å²) in [5, 5.41) is 3.03. The summed E-state index contributed by atoms with van der Waals surface area (Å²) in [7, 11) is 0. The van der Waals surface area contributed by atoms with Crippen molar-refractivity contribution in [2.45, 2.75) is 26.7 Å². The van der Waals surface area contributed by atoms with Gasteiger partial charge in [-0.3, -0.25) is 4.79 Å². The van der Waals surface area contributed by atoms with Gasteiger partial charge in [0.15, 0.2) is 0 Å². The molecule has 1 N–H and O–H groups in total. The number of nitrogens with one attached hydrogen (secondary N) is 1. The summed E-state index contributed by atoms with van der Waals surface area (Å²) < 4.78 is 0. The van der Waals surface area contributed by atoms with Crippen LogP contribution in [0.3, 0.4) is 0 Å². The topological polar surface area (TPSA) is 35.6 Å². The third-order valence-corrected chi connectivity index (χ3v) is 5.12. The van der Waals surface area contributed by atoms with Crippen molar-refractivity contribution in [3.63, 3.8) is 0 Å². The molecule has 1 heterocycles. The van der Waals surface area contributed by atoms with Crippen LogP contribution in [-0.4, -0.2) is 43.5 Å². The number of hydrogen-bond acceptors (Lipinski definition) is 3. The van der Waals surface area contributed by atoms with E-state index in [4.69, 9.17) is 0 Å². The molecular weight excluding hydrogens is 322 g/mol. The molecule has 0 aliphatic carbocycles. The second kappa shape index (κ2) is 8.86. The van der Waals surface area contributed by atoms with Gasteiger partial charge in [-0.25, -0.2) is 0 Å². The molecule has 0 atom stereocenters. The fraction of sp³-hybridized carbons (Fsp3) is 0.409. The maximum atomic E-state index is 12.2. The lowest BCUT2D eigenvalue weighted by molar-refractivity contribution is -0.116. The van der Waals surface area contributed by atoms with E-state index in [1.165, 1.54) is 16.8 Å². The smallest absolute Gasteiger partial charge is 0.224 e. The number of likely N-dealkylation sites (N-methyl/N-ethyl adjacent to an activating group) is 1. The molecule has 3 rings (SSSR count). The van der Waals surface area contributed by atoms with E-state index >= 15 is 0 Å². The highest BCUT2D eigenvalue weighted by Gasteiger charge is 2.17. The van der Waals surface area contributed by atoms with E-state index in [0.717, 1.165) is 44.8 Å². The maximum absolute atomic E-state index is 12.2. The minimum absolute atomic E-state index is 0.0672. The molecule has 2 aromatic rings. The average Bonchev–Trinajstić information content (AvgIpc) is 2.67. The summed E-state index contributed by atoms with van der Waals surface area (Å²) in [6.07, 6.45) is 1.27. The molecule has 2 aromatic carbocycles. The van der Waals surface area contributed by atoms with E-state index in [9.17, 15) is 4.79 Å². The summed E-state index contributed by atoms with van der Waals surface area (Å²) >= 11 is 0. The van der Waals surface area contributed by atoms with Gasteiger partial charge in [0.25, 0.3) is 0 Å². The Morgan fingerprint density at radius 3 is 2.42 bits per heavy atom. The number of anilines is 2. The van der Waals surface area contributed by atoms with Crippen molar-refractivity contribution in [3.05, 3.63) is 59.7 Å². The summed E-state index contributed by atoms with van der Waals surface area (Å²) in [5.74, 6) is 0.0672. The highest BCUT2D eigenvalue weighted by atomic mass is 16.1. The molecule has 4 heteroatoms. The van der Waals surface area contributed by atoms with E-state index in [1.807, 2.05) is 24.3 Å². The van der Waals surface area contributed by atoms with Gasteiger partial charge < -0.3 is 15.1 Å². The number of benzene rings is 2. The quantitative estimate of drug-likeness (QED) is 0.862. The van der Waals surface area contributed by atoms with Crippen molar-refractivity contribution in [1.29, 1.82) is 0 Å². The van der Waals surface area contributed by atoms with Crippen LogP contribution in [0.5, 0.6) is 0 Å². The molecule has 0 spiro atoms. The highest BCUT2D eigenvalue weighted by Crippen LogP contribution is 2.25. The molecule has 0 bridgehead atoms. The largest absolute Gasteiger partial charge is 0.369 e. The van der Waals surface area contributed by atoms with Crippen LogP contribution < -0.4 is 10.2 Å². The Hall–Kier alpha value is -2.33. The van der Waals surface area contributed by atoms with E-state index in [-0.39, 0.29) is 5.91 Å². The SMILES string of the molecule is CCN1CCN(c2ccc(NC(=O)CCc3ccccc3)cc2C)CC1. The second-order valence-corrected chi connectivity index (χ2v) is 6.96. The third-order valence-electron chi connectivity index (χ3n) is 5.12. The number of carbonyl (C=O) groups excluding carboxylic acids is 1. The maximum Gasteiger partial charge on any atom is 0.224 e. The Labute approximate surface area is 156 Å².